The summed E-state index contributed by atoms with van der Waals surface area (Å²) < 4.78 is 0. The zero-order chi connectivity index (χ0) is 18.1. The van der Waals surface area contributed by atoms with Crippen molar-refractivity contribution >= 4 is 34.3 Å². The molecule has 0 saturated carbocycles. The smallest absolute Gasteiger partial charge is 0.340 e. The summed E-state index contributed by atoms with van der Waals surface area (Å²) >= 11 is 6.18. The third-order valence-corrected chi connectivity index (χ3v) is 4.55. The lowest BCUT2D eigenvalue weighted by Crippen LogP contribution is -2.29. The van der Waals surface area contributed by atoms with Crippen LogP contribution in [0.3, 0.4) is 0 Å². The summed E-state index contributed by atoms with van der Waals surface area (Å²) in [5, 5.41) is 11.2. The van der Waals surface area contributed by atoms with Crippen LogP contribution >= 0.6 is 11.6 Å². The van der Waals surface area contributed by atoms with Crippen LogP contribution in [0, 0.1) is 0 Å². The van der Waals surface area contributed by atoms with Gasteiger partial charge in [-0.25, -0.2) is 9.78 Å². The van der Waals surface area contributed by atoms with Crippen LogP contribution in [0.2, 0.25) is 5.02 Å². The molecule has 0 fully saturated rings. The van der Waals surface area contributed by atoms with Crippen molar-refractivity contribution in [3.63, 3.8) is 0 Å². The number of carboxylic acids is 1. The van der Waals surface area contributed by atoms with Crippen LogP contribution in [0.15, 0.2) is 48.5 Å². The molecule has 5 heteroatoms. The number of carbonyl (C=O) groups is 1. The molecule has 128 valence electrons. The van der Waals surface area contributed by atoms with Crippen molar-refractivity contribution in [2.75, 3.05) is 11.9 Å². The fourth-order valence-corrected chi connectivity index (χ4v) is 3.00. The quantitative estimate of drug-likeness (QED) is 0.708. The number of rotatable bonds is 4. The first-order valence-electron chi connectivity index (χ1n) is 8.05. The van der Waals surface area contributed by atoms with Crippen molar-refractivity contribution in [3.05, 3.63) is 59.1 Å². The summed E-state index contributed by atoms with van der Waals surface area (Å²) in [5.74, 6) is -0.549. The van der Waals surface area contributed by atoms with Crippen LogP contribution in [0.5, 0.6) is 0 Å². The molecule has 2 aromatic carbocycles. The van der Waals surface area contributed by atoms with E-state index in [4.69, 9.17) is 11.6 Å². The molecule has 0 unspecified atom stereocenters. The van der Waals surface area contributed by atoms with Gasteiger partial charge in [-0.2, -0.15) is 0 Å². The molecule has 4 nitrogen and oxygen atoms in total. The Balaban J connectivity index is 2.49. The van der Waals surface area contributed by atoms with Crippen molar-refractivity contribution in [2.45, 2.75) is 19.9 Å². The first kappa shape index (κ1) is 17.2. The minimum absolute atomic E-state index is 0.110. The molecule has 25 heavy (non-hydrogen) atoms. The van der Waals surface area contributed by atoms with Crippen molar-refractivity contribution in [2.24, 2.45) is 0 Å². The SMILES string of the molecule is CC(C)N(C)c1nc2ccc(Cl)cc2c(-c2ccccc2)c1C(=O)O. The summed E-state index contributed by atoms with van der Waals surface area (Å²) in [7, 11) is 1.86. The molecule has 0 aliphatic heterocycles. The van der Waals surface area contributed by atoms with Gasteiger partial charge in [-0.05, 0) is 37.6 Å². The number of carboxylic acid groups (broad SMARTS) is 1. The minimum atomic E-state index is -1.00. The molecular formula is C20H19ClN2O2. The van der Waals surface area contributed by atoms with E-state index >= 15 is 0 Å². The molecule has 0 saturated heterocycles. The number of fused-ring (bicyclic) bond motifs is 1. The number of pyridine rings is 1. The van der Waals surface area contributed by atoms with E-state index in [1.54, 1.807) is 12.1 Å². The monoisotopic (exact) mass is 354 g/mol. The molecule has 0 bridgehead atoms. The van der Waals surface area contributed by atoms with Crippen LogP contribution in [-0.2, 0) is 0 Å². The van der Waals surface area contributed by atoms with E-state index in [0.717, 1.165) is 16.5 Å². The Bertz CT molecular complexity index is 939. The Morgan fingerprint density at radius 3 is 2.44 bits per heavy atom. The Hall–Kier alpha value is -2.59. The third kappa shape index (κ3) is 3.17. The number of aromatic carboxylic acids is 1. The van der Waals surface area contributed by atoms with Gasteiger partial charge >= 0.3 is 5.97 Å². The second kappa shape index (κ2) is 6.73. The number of benzene rings is 2. The van der Waals surface area contributed by atoms with E-state index in [0.29, 0.717) is 16.4 Å². The Morgan fingerprint density at radius 2 is 1.84 bits per heavy atom. The predicted octanol–water partition coefficient (Wildman–Crippen LogP) is 5.10. The minimum Gasteiger partial charge on any atom is -0.478 e. The van der Waals surface area contributed by atoms with Gasteiger partial charge in [0.1, 0.15) is 11.4 Å². The maximum atomic E-state index is 12.2. The van der Waals surface area contributed by atoms with Crippen molar-refractivity contribution < 1.29 is 9.90 Å². The summed E-state index contributed by atoms with van der Waals surface area (Å²) in [5.41, 5.74) is 2.38. The predicted molar refractivity (Wildman–Crippen MR) is 103 cm³/mol. The van der Waals surface area contributed by atoms with E-state index in [1.165, 1.54) is 0 Å². The molecule has 1 N–H and O–H groups in total. The zero-order valence-corrected chi connectivity index (χ0v) is 15.1. The van der Waals surface area contributed by atoms with Gasteiger partial charge in [0.25, 0.3) is 0 Å². The zero-order valence-electron chi connectivity index (χ0n) is 14.3. The maximum absolute atomic E-state index is 12.2. The number of hydrogen-bond donors (Lipinski definition) is 1. The van der Waals surface area contributed by atoms with Gasteiger partial charge in [0.2, 0.25) is 0 Å². The second-order valence-corrected chi connectivity index (χ2v) is 6.66. The summed E-state index contributed by atoms with van der Waals surface area (Å²) in [6.07, 6.45) is 0. The lowest BCUT2D eigenvalue weighted by atomic mass is 9.95. The van der Waals surface area contributed by atoms with Crippen LogP contribution < -0.4 is 4.90 Å². The van der Waals surface area contributed by atoms with Gasteiger partial charge in [-0.1, -0.05) is 41.9 Å². The largest absolute Gasteiger partial charge is 0.478 e. The molecule has 0 aliphatic carbocycles. The van der Waals surface area contributed by atoms with Crippen LogP contribution in [0.4, 0.5) is 5.82 Å². The van der Waals surface area contributed by atoms with Gasteiger partial charge in [0.05, 0.1) is 5.52 Å². The summed E-state index contributed by atoms with van der Waals surface area (Å²) in [4.78, 5) is 18.7. The fraction of sp³-hybridized carbons (Fsp3) is 0.200. The van der Waals surface area contributed by atoms with E-state index in [9.17, 15) is 9.90 Å². The highest BCUT2D eigenvalue weighted by atomic mass is 35.5. The Morgan fingerprint density at radius 1 is 1.16 bits per heavy atom. The Labute approximate surface area is 151 Å². The van der Waals surface area contributed by atoms with Crippen molar-refractivity contribution in [1.82, 2.24) is 4.98 Å². The van der Waals surface area contributed by atoms with Gasteiger partial charge in [0, 0.05) is 29.1 Å². The lowest BCUT2D eigenvalue weighted by Gasteiger charge is -2.26. The molecular weight excluding hydrogens is 336 g/mol. The number of halogens is 1. The van der Waals surface area contributed by atoms with E-state index < -0.39 is 5.97 Å². The standard InChI is InChI=1S/C20H19ClN2O2/c1-12(2)23(3)19-18(20(24)25)17(13-7-5-4-6-8-13)15-11-14(21)9-10-16(15)22-19/h4-12H,1-3H3,(H,24,25). The van der Waals surface area contributed by atoms with E-state index in [1.807, 2.05) is 62.2 Å². The number of anilines is 1. The molecule has 1 heterocycles. The average molecular weight is 355 g/mol. The van der Waals surface area contributed by atoms with Gasteiger partial charge in [0.15, 0.2) is 0 Å². The topological polar surface area (TPSA) is 53.4 Å². The fourth-order valence-electron chi connectivity index (χ4n) is 2.83. The number of aromatic nitrogens is 1. The van der Waals surface area contributed by atoms with Crippen LogP contribution in [0.1, 0.15) is 24.2 Å². The molecule has 0 radical (unpaired) electrons. The number of nitrogens with zero attached hydrogens (tertiary/aromatic N) is 2. The van der Waals surface area contributed by atoms with Crippen molar-refractivity contribution in [3.8, 4) is 11.1 Å². The van der Waals surface area contributed by atoms with Gasteiger partial charge in [-0.3, -0.25) is 0 Å². The highest BCUT2D eigenvalue weighted by Crippen LogP contribution is 2.37. The van der Waals surface area contributed by atoms with Gasteiger partial charge in [-0.15, -0.1) is 0 Å². The highest BCUT2D eigenvalue weighted by molar-refractivity contribution is 6.31. The lowest BCUT2D eigenvalue weighted by molar-refractivity contribution is 0.0698. The second-order valence-electron chi connectivity index (χ2n) is 6.22. The molecule has 3 aromatic rings. The average Bonchev–Trinajstić information content (AvgIpc) is 2.60. The molecule has 0 amide bonds. The normalized spacial score (nSPS) is 11.1. The van der Waals surface area contributed by atoms with Crippen LogP contribution in [0.25, 0.3) is 22.0 Å². The van der Waals surface area contributed by atoms with E-state index in [2.05, 4.69) is 4.98 Å². The summed E-state index contributed by atoms with van der Waals surface area (Å²) in [6, 6.07) is 15.0. The molecule has 3 rings (SSSR count). The van der Waals surface area contributed by atoms with Crippen LogP contribution in [-0.4, -0.2) is 29.1 Å². The molecule has 1 aromatic heterocycles. The first-order chi connectivity index (χ1) is 11.9. The number of hydrogen-bond acceptors (Lipinski definition) is 3. The van der Waals surface area contributed by atoms with E-state index in [-0.39, 0.29) is 11.6 Å². The maximum Gasteiger partial charge on any atom is 0.340 e. The Kier molecular flexibility index (Phi) is 4.64. The highest BCUT2D eigenvalue weighted by Gasteiger charge is 2.25. The third-order valence-electron chi connectivity index (χ3n) is 4.31. The molecule has 0 aliphatic rings. The first-order valence-corrected chi connectivity index (χ1v) is 8.42. The molecule has 0 spiro atoms. The molecule has 0 atom stereocenters. The van der Waals surface area contributed by atoms with Crippen molar-refractivity contribution in [1.29, 1.82) is 0 Å². The van der Waals surface area contributed by atoms with Gasteiger partial charge < -0.3 is 10.0 Å². The summed E-state index contributed by atoms with van der Waals surface area (Å²) in [6.45, 7) is 4.00.